The number of piperidine rings is 3. The molecule has 456 valence electrons. The van der Waals surface area contributed by atoms with Gasteiger partial charge < -0.3 is 45.1 Å². The van der Waals surface area contributed by atoms with Crippen LogP contribution in [0, 0.1) is 13.8 Å². The van der Waals surface area contributed by atoms with Crippen LogP contribution in [0.25, 0.3) is 0 Å². The highest BCUT2D eigenvalue weighted by Crippen LogP contribution is 2.40. The summed E-state index contributed by atoms with van der Waals surface area (Å²) in [6.45, 7) is 27.3. The highest BCUT2D eigenvalue weighted by molar-refractivity contribution is 7.92. The van der Waals surface area contributed by atoms with E-state index in [-0.39, 0.29) is 18.2 Å². The van der Waals surface area contributed by atoms with Crippen LogP contribution in [-0.4, -0.2) is 154 Å². The smallest absolute Gasteiger partial charge is 0.411 e. The Bertz CT molecular complexity index is 2680. The zero-order chi connectivity index (χ0) is 60.9. The van der Waals surface area contributed by atoms with Crippen LogP contribution in [0.15, 0.2) is 54.6 Å². The summed E-state index contributed by atoms with van der Waals surface area (Å²) in [6.07, 6.45) is 7.48. The molecule has 3 fully saturated rings. The van der Waals surface area contributed by atoms with Gasteiger partial charge in [0, 0.05) is 95.9 Å². The number of urea groups is 1. The number of hydroxylamine groups is 4. The first kappa shape index (κ1) is 68.0. The lowest BCUT2D eigenvalue weighted by atomic mass is 9.80. The molecule has 0 bridgehead atoms. The van der Waals surface area contributed by atoms with Crippen LogP contribution in [0.5, 0.6) is 5.75 Å². The molecular formula is C57H94N10O12S2. The van der Waals surface area contributed by atoms with Crippen molar-refractivity contribution in [3.63, 3.8) is 0 Å². The van der Waals surface area contributed by atoms with Crippen LogP contribution < -0.4 is 40.3 Å². The molecule has 3 aromatic rings. The number of carbonyl (C=O) groups is 3. The van der Waals surface area contributed by atoms with E-state index < -0.39 is 60.4 Å². The van der Waals surface area contributed by atoms with Crippen molar-refractivity contribution in [2.75, 3.05) is 83.7 Å². The number of methoxy groups -OCH3 is 1. The molecule has 8 N–H and O–H groups in total. The lowest BCUT2D eigenvalue weighted by Gasteiger charge is -2.50. The molecule has 0 spiro atoms. The summed E-state index contributed by atoms with van der Waals surface area (Å²) in [5.41, 5.74) is 2.56. The Balaban J connectivity index is 0.000000346. The number of carbonyl (C=O) groups excluding carboxylic acids is 3. The number of hydrogen-bond acceptors (Lipinski definition) is 16. The summed E-state index contributed by atoms with van der Waals surface area (Å²) >= 11 is 0. The van der Waals surface area contributed by atoms with Crippen molar-refractivity contribution < 1.29 is 55.8 Å². The summed E-state index contributed by atoms with van der Waals surface area (Å²) in [7, 11) is -2.83. The van der Waals surface area contributed by atoms with E-state index in [0.717, 1.165) is 74.9 Å². The predicted octanol–water partition coefficient (Wildman–Crippen LogP) is 10.6. The maximum absolute atomic E-state index is 13.1. The van der Waals surface area contributed by atoms with Crippen LogP contribution in [0.3, 0.4) is 0 Å². The number of hydrogen-bond donors (Lipinski definition) is 8. The van der Waals surface area contributed by atoms with Crippen molar-refractivity contribution in [2.24, 2.45) is 0 Å². The Morgan fingerprint density at radius 2 is 1.09 bits per heavy atom. The zero-order valence-electron chi connectivity index (χ0n) is 50.7. The summed E-state index contributed by atoms with van der Waals surface area (Å²) in [6, 6.07) is 15.4. The van der Waals surface area contributed by atoms with E-state index in [2.05, 4.69) is 54.4 Å². The second-order valence-corrected chi connectivity index (χ2v) is 27.7. The number of sulfonamides is 2. The van der Waals surface area contributed by atoms with Gasteiger partial charge in [-0.25, -0.2) is 35.9 Å². The molecule has 0 saturated carbocycles. The van der Waals surface area contributed by atoms with E-state index >= 15 is 0 Å². The lowest BCUT2D eigenvalue weighted by Crippen LogP contribution is -2.60. The van der Waals surface area contributed by atoms with Crippen LogP contribution in [0.2, 0.25) is 0 Å². The Morgan fingerprint density at radius 3 is 1.47 bits per heavy atom. The van der Waals surface area contributed by atoms with E-state index in [0.29, 0.717) is 59.9 Å². The second-order valence-electron chi connectivity index (χ2n) is 24.2. The van der Waals surface area contributed by atoms with Gasteiger partial charge in [-0.1, -0.05) is 32.4 Å². The number of likely N-dealkylation sites (tertiary alicyclic amines) is 1. The molecule has 6 rings (SSSR count). The normalized spacial score (nSPS) is 18.6. The van der Waals surface area contributed by atoms with Gasteiger partial charge >= 0.3 is 18.2 Å². The van der Waals surface area contributed by atoms with Crippen molar-refractivity contribution in [1.82, 2.24) is 19.7 Å². The summed E-state index contributed by atoms with van der Waals surface area (Å²) in [4.78, 5) is 43.2. The third kappa shape index (κ3) is 21.7. The first-order valence-corrected chi connectivity index (χ1v) is 31.5. The monoisotopic (exact) mass is 1170 g/mol. The van der Waals surface area contributed by atoms with Crippen molar-refractivity contribution in [2.45, 2.75) is 181 Å². The molecule has 3 aliphatic rings. The average molecular weight is 1180 g/mol. The second kappa shape index (κ2) is 28.7. The molecule has 0 atom stereocenters. The number of aryl methyl sites for hydroxylation is 2. The molecule has 3 heterocycles. The van der Waals surface area contributed by atoms with Crippen LogP contribution in [-0.2, 0) is 29.5 Å². The van der Waals surface area contributed by atoms with Crippen LogP contribution >= 0.6 is 0 Å². The summed E-state index contributed by atoms with van der Waals surface area (Å²) < 4.78 is 66.4. The fraction of sp³-hybridized carbons (Fsp3) is 0.632. The highest BCUT2D eigenvalue weighted by atomic mass is 32.2. The molecule has 0 unspecified atom stereocenters. The molecule has 4 amide bonds. The van der Waals surface area contributed by atoms with Gasteiger partial charge in [-0.2, -0.15) is 10.1 Å². The fourth-order valence-electron chi connectivity index (χ4n) is 10.7. The number of unbranched alkanes of at least 4 members (excludes halogenated alkanes) is 1. The molecule has 22 nitrogen and oxygen atoms in total. The Morgan fingerprint density at radius 1 is 0.642 bits per heavy atom. The molecule has 0 aliphatic carbocycles. The SMILES string of the molecule is CCCCN(C)c1ccc(OC)c(NS(C)(=O)=O)c1.CCCN1CCC(NS(C)(=O)=O)CC1.Cc1ccc(NC(=O)OC2CC(C)(C)N(O)C(C)(C)C2)cc1NC(=O)Nc1cc(NC(=O)OC2CC(C)(C)N(O)C(C)(C)C2)ccc1C. The van der Waals surface area contributed by atoms with Gasteiger partial charge in [0.15, 0.2) is 0 Å². The molecule has 3 aromatic carbocycles. The van der Waals surface area contributed by atoms with E-state index in [1.165, 1.54) is 29.9 Å². The van der Waals surface area contributed by atoms with Crippen LogP contribution in [0.4, 0.5) is 48.5 Å². The fourth-order valence-corrected chi connectivity index (χ4v) is 12.1. The summed E-state index contributed by atoms with van der Waals surface area (Å²) in [5.74, 6) is 0.512. The maximum Gasteiger partial charge on any atom is 0.411 e. The third-order valence-electron chi connectivity index (χ3n) is 14.5. The van der Waals surface area contributed by atoms with Gasteiger partial charge in [0.1, 0.15) is 18.0 Å². The van der Waals surface area contributed by atoms with E-state index in [9.17, 15) is 41.6 Å². The third-order valence-corrected chi connectivity index (χ3v) is 15.8. The van der Waals surface area contributed by atoms with E-state index in [1.54, 1.807) is 48.5 Å². The molecule has 81 heavy (non-hydrogen) atoms. The number of benzene rings is 3. The number of nitrogens with zero attached hydrogens (tertiary/aromatic N) is 4. The lowest BCUT2D eigenvalue weighted by molar-refractivity contribution is -0.256. The predicted molar refractivity (Wildman–Crippen MR) is 322 cm³/mol. The topological polar surface area (TPSA) is 273 Å². The van der Waals surface area contributed by atoms with Crippen molar-refractivity contribution in [3.05, 3.63) is 65.7 Å². The van der Waals surface area contributed by atoms with Crippen LogP contribution in [0.1, 0.15) is 138 Å². The molecule has 24 heteroatoms. The minimum Gasteiger partial charge on any atom is -0.495 e. The van der Waals surface area contributed by atoms with E-state index in [4.69, 9.17) is 14.2 Å². The van der Waals surface area contributed by atoms with Crippen molar-refractivity contribution >= 4 is 72.4 Å². The Hall–Kier alpha value is -5.47. The number of amides is 4. The van der Waals surface area contributed by atoms with Gasteiger partial charge in [-0.05, 0) is 168 Å². The van der Waals surface area contributed by atoms with Gasteiger partial charge in [0.05, 0.1) is 25.3 Å². The molecule has 3 saturated heterocycles. The molecule has 3 aliphatic heterocycles. The first-order valence-electron chi connectivity index (χ1n) is 27.8. The number of nitrogens with one attached hydrogen (secondary N) is 6. The Labute approximate surface area is 482 Å². The van der Waals surface area contributed by atoms with E-state index in [1.807, 2.05) is 82.4 Å². The minimum atomic E-state index is -3.32. The van der Waals surface area contributed by atoms with Crippen molar-refractivity contribution in [3.8, 4) is 5.75 Å². The largest absolute Gasteiger partial charge is 0.495 e. The van der Waals surface area contributed by atoms with Gasteiger partial charge in [0.25, 0.3) is 0 Å². The molecule has 0 aromatic heterocycles. The summed E-state index contributed by atoms with van der Waals surface area (Å²) in [5, 5.41) is 34.9. The zero-order valence-corrected chi connectivity index (χ0v) is 52.3. The highest BCUT2D eigenvalue weighted by Gasteiger charge is 2.47. The number of rotatable bonds is 17. The molecule has 0 radical (unpaired) electrons. The van der Waals surface area contributed by atoms with Gasteiger partial charge in [-0.15, -0.1) is 0 Å². The number of ether oxygens (including phenoxy) is 3. The number of anilines is 6. The first-order chi connectivity index (χ1) is 37.5. The van der Waals surface area contributed by atoms with Gasteiger partial charge in [-0.3, -0.25) is 15.4 Å². The quantitative estimate of drug-likeness (QED) is 0.0624. The standard InChI is InChI=1S/C35H52N6O7.C13H22N2O3S.C9H20N2O2S/c1-21-11-13-23(36-30(43)47-25-17-32(3,4)40(45)33(5,6)18-25)15-27(21)38-29(42)39-28-16-24(14-12-22(28)2)37-31(44)48-26-19-34(7,8)41(46)35(9,10)20-26;1-5-6-9-15(2)11-7-8-13(18-3)12(10-11)14-19(4,16)17;1-3-6-11-7-4-9(5-8-11)10-14(2,12)13/h11-16,25-26,45-46H,17-20H2,1-10H3,(H,36,43)(H,37,44)(H2,38,39,42);7-8,10,14H,5-6,9H2,1-4H3;9-10H,3-8H2,1-2H3. The average Bonchev–Trinajstić information content (AvgIpc) is 3.33. The Kier molecular flexibility index (Phi) is 24.1. The molecular weight excluding hydrogens is 1080 g/mol. The van der Waals surface area contributed by atoms with Gasteiger partial charge in [0.2, 0.25) is 20.0 Å². The minimum absolute atomic E-state index is 0.151. The maximum atomic E-state index is 13.1. The van der Waals surface area contributed by atoms with Crippen molar-refractivity contribution in [1.29, 1.82) is 0 Å².